The molecule has 9 heteroatoms. The first-order valence-electron chi connectivity index (χ1n) is 13.0. The Morgan fingerprint density at radius 1 is 0.897 bits per heavy atom. The minimum absolute atomic E-state index is 0.0285. The van der Waals surface area contributed by atoms with Crippen molar-refractivity contribution in [1.29, 1.82) is 0 Å². The maximum Gasteiger partial charge on any atom is 0.256 e. The molecule has 1 aliphatic rings. The second kappa shape index (κ2) is 10.1. The van der Waals surface area contributed by atoms with Gasteiger partial charge in [0, 0.05) is 16.6 Å². The van der Waals surface area contributed by atoms with E-state index < -0.39 is 15.7 Å². The summed E-state index contributed by atoms with van der Waals surface area (Å²) in [4.78, 5) is 23.4. The topological polar surface area (TPSA) is 94.0 Å². The number of nitrogens with zero attached hydrogens (tertiary/aromatic N) is 3. The van der Waals surface area contributed by atoms with Gasteiger partial charge in [0.05, 0.1) is 15.9 Å². The Kier molecular flexibility index (Phi) is 6.61. The molecule has 39 heavy (non-hydrogen) atoms. The third-order valence-corrected chi connectivity index (χ3v) is 9.40. The molecule has 7 nitrogen and oxygen atoms in total. The number of rotatable bonds is 5. The van der Waals surface area contributed by atoms with Crippen LogP contribution in [0.1, 0.15) is 54.1 Å². The van der Waals surface area contributed by atoms with Gasteiger partial charge in [0.25, 0.3) is 5.91 Å². The van der Waals surface area contributed by atoms with Crippen molar-refractivity contribution in [2.75, 3.05) is 5.32 Å². The summed E-state index contributed by atoms with van der Waals surface area (Å²) in [5.41, 5.74) is 3.27. The average molecular weight is 559 g/mol. The van der Waals surface area contributed by atoms with Gasteiger partial charge < -0.3 is 9.88 Å². The highest BCUT2D eigenvalue weighted by Gasteiger charge is 2.35. The fourth-order valence-corrected chi connectivity index (χ4v) is 6.97. The number of halogens is 1. The molecule has 1 N–H and O–H groups in total. The molecular weight excluding hydrogens is 532 g/mol. The number of carbonyl (C=O) groups excluding carboxylic acids is 1. The zero-order valence-corrected chi connectivity index (χ0v) is 23.0. The van der Waals surface area contributed by atoms with Crippen molar-refractivity contribution in [3.05, 3.63) is 88.9 Å². The predicted octanol–water partition coefficient (Wildman–Crippen LogP) is 7.14. The average Bonchev–Trinajstić information content (AvgIpc) is 3.25. The maximum atomic E-state index is 14.3. The third kappa shape index (κ3) is 4.68. The van der Waals surface area contributed by atoms with Gasteiger partial charge in [-0.3, -0.25) is 4.79 Å². The van der Waals surface area contributed by atoms with E-state index in [0.29, 0.717) is 27.3 Å². The van der Waals surface area contributed by atoms with Crippen molar-refractivity contribution < 1.29 is 13.2 Å². The number of benzene rings is 3. The molecule has 1 saturated carbocycles. The summed E-state index contributed by atoms with van der Waals surface area (Å²) < 4.78 is 30.6. The number of carbonyl (C=O) groups is 1. The number of hydrogen-bond donors (Lipinski definition) is 1. The predicted molar refractivity (Wildman–Crippen MR) is 153 cm³/mol. The molecule has 0 unspecified atom stereocenters. The lowest BCUT2D eigenvalue weighted by Gasteiger charge is -2.26. The number of nitrogens with one attached hydrogen (secondary N) is 1. The third-order valence-electron chi connectivity index (χ3n) is 7.33. The molecule has 198 valence electrons. The van der Waals surface area contributed by atoms with E-state index in [1.807, 2.05) is 35.8 Å². The van der Waals surface area contributed by atoms with E-state index >= 15 is 0 Å². The monoisotopic (exact) mass is 558 g/mol. The first-order chi connectivity index (χ1) is 18.8. The summed E-state index contributed by atoms with van der Waals surface area (Å²) in [6.45, 7) is 1.90. The smallest absolute Gasteiger partial charge is 0.256 e. The molecule has 3 aromatic carbocycles. The van der Waals surface area contributed by atoms with Crippen LogP contribution in [0.4, 0.5) is 5.82 Å². The number of para-hydroxylation sites is 2. The molecule has 0 atom stereocenters. The van der Waals surface area contributed by atoms with Crippen molar-refractivity contribution in [3.63, 3.8) is 0 Å². The molecule has 0 bridgehead atoms. The van der Waals surface area contributed by atoms with Crippen LogP contribution in [0.5, 0.6) is 0 Å². The number of fused-ring (bicyclic) bond motifs is 2. The Morgan fingerprint density at radius 3 is 2.21 bits per heavy atom. The van der Waals surface area contributed by atoms with Gasteiger partial charge in [0.2, 0.25) is 9.84 Å². The van der Waals surface area contributed by atoms with Crippen molar-refractivity contribution in [1.82, 2.24) is 14.5 Å². The second-order valence-electron chi connectivity index (χ2n) is 10.0. The van der Waals surface area contributed by atoms with Crippen molar-refractivity contribution in [2.24, 2.45) is 0 Å². The molecule has 0 spiro atoms. The first-order valence-corrected chi connectivity index (χ1v) is 14.9. The van der Waals surface area contributed by atoms with E-state index in [9.17, 15) is 13.2 Å². The summed E-state index contributed by atoms with van der Waals surface area (Å²) in [6.07, 6.45) is 4.84. The minimum Gasteiger partial charge on any atom is -0.307 e. The molecule has 6 rings (SSSR count). The van der Waals surface area contributed by atoms with Crippen molar-refractivity contribution >= 4 is 55.4 Å². The zero-order valence-electron chi connectivity index (χ0n) is 21.4. The van der Waals surface area contributed by atoms with Gasteiger partial charge in [-0.15, -0.1) is 0 Å². The summed E-state index contributed by atoms with van der Waals surface area (Å²) in [7, 11) is -4.09. The zero-order chi connectivity index (χ0) is 27.1. The lowest BCUT2D eigenvalue weighted by molar-refractivity contribution is 0.102. The first kappa shape index (κ1) is 25.5. The van der Waals surface area contributed by atoms with Crippen LogP contribution in [0, 0.1) is 6.92 Å². The SMILES string of the molecule is Cc1ccc(S(=O)(=O)c2c(NC(=O)c3ccc(Cl)cc3)n(C3CCCCC3)c3nc4ccccc4nc23)cc1. The van der Waals surface area contributed by atoms with Crippen LogP contribution in [0.15, 0.2) is 82.6 Å². The van der Waals surface area contributed by atoms with E-state index in [1.165, 1.54) is 0 Å². The molecule has 5 aromatic rings. The van der Waals surface area contributed by atoms with Crippen LogP contribution < -0.4 is 5.32 Å². The van der Waals surface area contributed by atoms with Crippen LogP contribution in [0.2, 0.25) is 5.02 Å². The molecule has 1 fully saturated rings. The fourth-order valence-electron chi connectivity index (χ4n) is 5.32. The van der Waals surface area contributed by atoms with Crippen LogP contribution in [0.25, 0.3) is 22.2 Å². The molecule has 0 saturated heterocycles. The Bertz CT molecular complexity index is 1810. The second-order valence-corrected chi connectivity index (χ2v) is 12.3. The number of amides is 1. The number of aromatic nitrogens is 3. The highest BCUT2D eigenvalue weighted by Crippen LogP contribution is 2.42. The van der Waals surface area contributed by atoms with Gasteiger partial charge in [-0.1, -0.05) is 60.7 Å². The lowest BCUT2D eigenvalue weighted by Crippen LogP contribution is -2.21. The number of hydrogen-bond acceptors (Lipinski definition) is 5. The Morgan fingerprint density at radius 2 is 1.54 bits per heavy atom. The quantitative estimate of drug-likeness (QED) is 0.247. The molecule has 1 amide bonds. The molecule has 2 heterocycles. The summed E-state index contributed by atoms with van der Waals surface area (Å²) in [5.74, 6) is -0.232. The standard InChI is InChI=1S/C30H27ClN4O3S/c1-19-11-17-23(18-12-19)39(37,38)27-26-28(33-25-10-6-5-9-24(25)32-26)35(22-7-3-2-4-8-22)29(27)34-30(36)20-13-15-21(31)16-14-20/h5-6,9-18,22H,2-4,7-8H2,1H3,(H,34,36). The molecule has 0 aliphatic heterocycles. The molecular formula is C30H27ClN4O3S. The van der Waals surface area contributed by atoms with E-state index in [4.69, 9.17) is 21.6 Å². The van der Waals surface area contributed by atoms with Gasteiger partial charge in [0.1, 0.15) is 16.2 Å². The van der Waals surface area contributed by atoms with Gasteiger partial charge in [-0.2, -0.15) is 0 Å². The molecule has 2 aromatic heterocycles. The summed E-state index contributed by atoms with van der Waals surface area (Å²) >= 11 is 6.04. The highest BCUT2D eigenvalue weighted by atomic mass is 35.5. The van der Waals surface area contributed by atoms with Crippen molar-refractivity contribution in [2.45, 2.75) is 54.9 Å². The summed E-state index contributed by atoms with van der Waals surface area (Å²) in [5, 5.41) is 3.47. The number of sulfone groups is 1. The Balaban J connectivity index is 1.66. The molecule has 1 aliphatic carbocycles. The van der Waals surface area contributed by atoms with E-state index in [-0.39, 0.29) is 27.2 Å². The van der Waals surface area contributed by atoms with Crippen LogP contribution in [0.3, 0.4) is 0 Å². The van der Waals surface area contributed by atoms with Gasteiger partial charge in [0.15, 0.2) is 5.65 Å². The van der Waals surface area contributed by atoms with Crippen molar-refractivity contribution in [3.8, 4) is 0 Å². The van der Waals surface area contributed by atoms with Gasteiger partial charge >= 0.3 is 0 Å². The normalized spacial score (nSPS) is 14.6. The van der Waals surface area contributed by atoms with E-state index in [2.05, 4.69) is 5.32 Å². The highest BCUT2D eigenvalue weighted by molar-refractivity contribution is 7.92. The van der Waals surface area contributed by atoms with Crippen LogP contribution in [-0.4, -0.2) is 28.9 Å². The largest absolute Gasteiger partial charge is 0.307 e. The van der Waals surface area contributed by atoms with Gasteiger partial charge in [-0.05, 0) is 68.3 Å². The number of anilines is 1. The Labute approximate surface area is 231 Å². The van der Waals surface area contributed by atoms with Crippen LogP contribution >= 0.6 is 11.6 Å². The number of aryl methyl sites for hydroxylation is 1. The lowest BCUT2D eigenvalue weighted by atomic mass is 9.95. The minimum atomic E-state index is -4.09. The van der Waals surface area contributed by atoms with E-state index in [0.717, 1.165) is 37.7 Å². The van der Waals surface area contributed by atoms with Crippen LogP contribution in [-0.2, 0) is 9.84 Å². The molecule has 0 radical (unpaired) electrons. The van der Waals surface area contributed by atoms with E-state index in [1.54, 1.807) is 48.5 Å². The van der Waals surface area contributed by atoms with Gasteiger partial charge in [-0.25, -0.2) is 18.4 Å². The maximum absolute atomic E-state index is 14.3. The fraction of sp³-hybridized carbons (Fsp3) is 0.233. The Hall–Kier alpha value is -3.75. The summed E-state index contributed by atoms with van der Waals surface area (Å²) in [6, 6.07) is 20.6.